The Labute approximate surface area is 56.1 Å². The van der Waals surface area contributed by atoms with Crippen molar-refractivity contribution < 1.29 is 0 Å². The molecule has 3 aliphatic rings. The molecule has 1 fully saturated rings. The molecule has 2 atom stereocenters. The van der Waals surface area contributed by atoms with Gasteiger partial charge in [0.1, 0.15) is 0 Å². The largest absolute Gasteiger partial charge is 0.313 e. The van der Waals surface area contributed by atoms with E-state index in [1.165, 1.54) is 25.8 Å². The van der Waals surface area contributed by atoms with Crippen molar-refractivity contribution in [3.05, 3.63) is 12.2 Å². The first-order valence-electron chi connectivity index (χ1n) is 3.85. The molecule has 0 aromatic carbocycles. The van der Waals surface area contributed by atoms with Gasteiger partial charge in [0.25, 0.3) is 0 Å². The Morgan fingerprint density at radius 3 is 3.11 bits per heavy atom. The van der Waals surface area contributed by atoms with Crippen molar-refractivity contribution in [1.29, 1.82) is 0 Å². The molecule has 1 nitrogen and oxygen atoms in total. The van der Waals surface area contributed by atoms with Crippen molar-refractivity contribution in [1.82, 2.24) is 5.32 Å². The lowest BCUT2D eigenvalue weighted by Gasteiger charge is -2.24. The topological polar surface area (TPSA) is 12.0 Å². The van der Waals surface area contributed by atoms with Crippen molar-refractivity contribution >= 4 is 0 Å². The van der Waals surface area contributed by atoms with Crippen LogP contribution in [0.1, 0.15) is 19.3 Å². The summed E-state index contributed by atoms with van der Waals surface area (Å²) in [6.45, 7) is 1.22. The molecule has 1 saturated heterocycles. The van der Waals surface area contributed by atoms with E-state index >= 15 is 0 Å². The fraction of sp³-hybridized carbons (Fsp3) is 0.750. The Bertz CT molecular complexity index is 121. The number of hydrogen-bond acceptors (Lipinski definition) is 1. The Balaban J connectivity index is 2.13. The first kappa shape index (κ1) is 5.48. The third-order valence-corrected chi connectivity index (χ3v) is 2.38. The van der Waals surface area contributed by atoms with Crippen LogP contribution in [0.2, 0.25) is 0 Å². The molecule has 0 amide bonds. The highest BCUT2D eigenvalue weighted by Crippen LogP contribution is 2.21. The number of piperidine rings is 1. The Morgan fingerprint density at radius 1 is 1.33 bits per heavy atom. The van der Waals surface area contributed by atoms with Gasteiger partial charge in [0, 0.05) is 12.6 Å². The zero-order valence-corrected chi connectivity index (χ0v) is 5.64. The predicted octanol–water partition coefficient (Wildman–Crippen LogP) is 1.31. The van der Waals surface area contributed by atoms with Crippen LogP contribution in [-0.4, -0.2) is 12.6 Å². The minimum Gasteiger partial charge on any atom is -0.313 e. The molecule has 0 spiro atoms. The van der Waals surface area contributed by atoms with E-state index in [0.717, 1.165) is 12.0 Å². The van der Waals surface area contributed by atoms with E-state index in [0.29, 0.717) is 0 Å². The normalized spacial score (nSPS) is 40.9. The predicted molar refractivity (Wildman–Crippen MR) is 38.3 cm³/mol. The molecular weight excluding hydrogens is 110 g/mol. The van der Waals surface area contributed by atoms with E-state index in [9.17, 15) is 0 Å². The van der Waals surface area contributed by atoms with E-state index in [-0.39, 0.29) is 0 Å². The summed E-state index contributed by atoms with van der Waals surface area (Å²) in [7, 11) is 0. The van der Waals surface area contributed by atoms with Gasteiger partial charge in [0.15, 0.2) is 0 Å². The molecule has 1 heteroatoms. The van der Waals surface area contributed by atoms with Crippen LogP contribution in [0, 0.1) is 5.92 Å². The molecule has 1 N–H and O–H groups in total. The fourth-order valence-corrected chi connectivity index (χ4v) is 1.74. The summed E-state index contributed by atoms with van der Waals surface area (Å²) in [5.74, 6) is 0.851. The van der Waals surface area contributed by atoms with E-state index in [4.69, 9.17) is 0 Å². The van der Waals surface area contributed by atoms with Gasteiger partial charge in [-0.3, -0.25) is 0 Å². The molecule has 0 aromatic rings. The first-order valence-corrected chi connectivity index (χ1v) is 3.85. The van der Waals surface area contributed by atoms with Crippen LogP contribution in [0.5, 0.6) is 0 Å². The van der Waals surface area contributed by atoms with Crippen molar-refractivity contribution in [2.45, 2.75) is 25.3 Å². The van der Waals surface area contributed by atoms with E-state index < -0.39 is 0 Å². The fourth-order valence-electron chi connectivity index (χ4n) is 1.74. The molecule has 0 radical (unpaired) electrons. The standard InChI is InChI=1S/C8H13N/c1-2-7-4-5-8(3-1)9-6-7/h1-2,7-9H,3-6H2. The summed E-state index contributed by atoms with van der Waals surface area (Å²) >= 11 is 0. The Morgan fingerprint density at radius 2 is 2.33 bits per heavy atom. The van der Waals surface area contributed by atoms with E-state index in [2.05, 4.69) is 17.5 Å². The molecule has 0 aromatic heterocycles. The highest BCUT2D eigenvalue weighted by molar-refractivity contribution is 5.00. The molecule has 2 aliphatic heterocycles. The van der Waals surface area contributed by atoms with Gasteiger partial charge in [-0.15, -0.1) is 0 Å². The monoisotopic (exact) mass is 123 g/mol. The first-order chi connectivity index (χ1) is 4.45. The van der Waals surface area contributed by atoms with Crippen molar-refractivity contribution in [2.24, 2.45) is 5.92 Å². The van der Waals surface area contributed by atoms with Crippen LogP contribution < -0.4 is 5.32 Å². The van der Waals surface area contributed by atoms with Gasteiger partial charge >= 0.3 is 0 Å². The van der Waals surface area contributed by atoms with Crippen LogP contribution in [0.4, 0.5) is 0 Å². The average molecular weight is 123 g/mol. The van der Waals surface area contributed by atoms with Crippen LogP contribution in [0.25, 0.3) is 0 Å². The van der Waals surface area contributed by atoms with Crippen molar-refractivity contribution in [3.63, 3.8) is 0 Å². The maximum absolute atomic E-state index is 3.52. The third kappa shape index (κ3) is 1.01. The molecule has 50 valence electrons. The second kappa shape index (κ2) is 2.14. The van der Waals surface area contributed by atoms with Gasteiger partial charge in [-0.1, -0.05) is 12.2 Å². The molecule has 2 unspecified atom stereocenters. The molecule has 2 bridgehead atoms. The smallest absolute Gasteiger partial charge is 0.0102 e. The average Bonchev–Trinajstić information content (AvgIpc) is 2.21. The van der Waals surface area contributed by atoms with Crippen LogP contribution >= 0.6 is 0 Å². The second-order valence-electron chi connectivity index (χ2n) is 3.11. The summed E-state index contributed by atoms with van der Waals surface area (Å²) in [4.78, 5) is 0. The van der Waals surface area contributed by atoms with Gasteiger partial charge in [-0.05, 0) is 25.2 Å². The minimum absolute atomic E-state index is 0.806. The lowest BCUT2D eigenvalue weighted by molar-refractivity contribution is 0.365. The molecule has 2 heterocycles. The molecule has 9 heavy (non-hydrogen) atoms. The summed E-state index contributed by atoms with van der Waals surface area (Å²) < 4.78 is 0. The number of fused-ring (bicyclic) bond motifs is 3. The van der Waals surface area contributed by atoms with Crippen LogP contribution in [0.3, 0.4) is 0 Å². The number of rotatable bonds is 0. The highest BCUT2D eigenvalue weighted by atomic mass is 14.9. The highest BCUT2D eigenvalue weighted by Gasteiger charge is 2.19. The Kier molecular flexibility index (Phi) is 1.31. The summed E-state index contributed by atoms with van der Waals surface area (Å²) in [6, 6.07) is 0.806. The summed E-state index contributed by atoms with van der Waals surface area (Å²) in [6.07, 6.45) is 8.77. The summed E-state index contributed by atoms with van der Waals surface area (Å²) in [5.41, 5.74) is 0. The number of hydrogen-bond donors (Lipinski definition) is 1. The van der Waals surface area contributed by atoms with Gasteiger partial charge in [-0.2, -0.15) is 0 Å². The SMILES string of the molecule is C1=CC2CCC(C1)NC2. The quantitative estimate of drug-likeness (QED) is 0.479. The van der Waals surface area contributed by atoms with Gasteiger partial charge in [0.2, 0.25) is 0 Å². The maximum atomic E-state index is 3.52. The Hall–Kier alpha value is -0.300. The van der Waals surface area contributed by atoms with Crippen LogP contribution in [0.15, 0.2) is 12.2 Å². The molecular formula is C8H13N. The van der Waals surface area contributed by atoms with Crippen molar-refractivity contribution in [2.75, 3.05) is 6.54 Å². The van der Waals surface area contributed by atoms with Gasteiger partial charge in [0.05, 0.1) is 0 Å². The zero-order valence-electron chi connectivity index (χ0n) is 5.64. The second-order valence-corrected chi connectivity index (χ2v) is 3.11. The number of nitrogens with one attached hydrogen (secondary N) is 1. The zero-order chi connectivity index (χ0) is 6.10. The summed E-state index contributed by atoms with van der Waals surface area (Å²) in [5, 5.41) is 3.52. The lowest BCUT2D eigenvalue weighted by atomic mass is 9.98. The minimum atomic E-state index is 0.806. The van der Waals surface area contributed by atoms with Crippen molar-refractivity contribution in [3.8, 4) is 0 Å². The van der Waals surface area contributed by atoms with Gasteiger partial charge < -0.3 is 5.32 Å². The van der Waals surface area contributed by atoms with E-state index in [1.54, 1.807) is 0 Å². The molecule has 3 rings (SSSR count). The molecule has 1 aliphatic carbocycles. The maximum Gasteiger partial charge on any atom is 0.0102 e. The third-order valence-electron chi connectivity index (χ3n) is 2.38. The molecule has 0 saturated carbocycles. The lowest BCUT2D eigenvalue weighted by Crippen LogP contribution is -2.36. The van der Waals surface area contributed by atoms with Crippen LogP contribution in [-0.2, 0) is 0 Å². The van der Waals surface area contributed by atoms with E-state index in [1.807, 2.05) is 0 Å². The van der Waals surface area contributed by atoms with Gasteiger partial charge in [-0.25, -0.2) is 0 Å².